The molecule has 1 heterocycles. The second-order valence-electron chi connectivity index (χ2n) is 5.02. The average molecular weight is 376 g/mol. The van der Waals surface area contributed by atoms with Crippen molar-refractivity contribution in [3.05, 3.63) is 36.9 Å². The van der Waals surface area contributed by atoms with E-state index in [-0.39, 0.29) is 24.7 Å². The first-order valence-corrected chi connectivity index (χ1v) is 6.75. The van der Waals surface area contributed by atoms with Crippen LogP contribution >= 0.6 is 22.6 Å². The number of β-amino-alcohol motifs (C(OH)–C–C–N with tert-alkyl or cyclic N) is 1. The number of amides is 1. The normalized spacial score (nSPS) is 16.9. The maximum atomic E-state index is 12.3. The smallest absolute Gasteiger partial charge is 0.271 e. The van der Waals surface area contributed by atoms with Gasteiger partial charge in [-0.1, -0.05) is 0 Å². The maximum Gasteiger partial charge on any atom is 0.271 e. The van der Waals surface area contributed by atoms with Crippen LogP contribution in [0.3, 0.4) is 0 Å². The number of non-ortho nitro benzene ring substituents is 1. The minimum atomic E-state index is -0.850. The Morgan fingerprint density at radius 3 is 2.58 bits per heavy atom. The van der Waals surface area contributed by atoms with Gasteiger partial charge in [0.25, 0.3) is 11.6 Å². The molecule has 1 fully saturated rings. The molecule has 1 aromatic rings. The van der Waals surface area contributed by atoms with Crippen molar-refractivity contribution >= 4 is 34.2 Å². The van der Waals surface area contributed by atoms with Crippen molar-refractivity contribution in [1.29, 1.82) is 0 Å². The zero-order valence-electron chi connectivity index (χ0n) is 10.5. The molecule has 0 saturated carbocycles. The van der Waals surface area contributed by atoms with Gasteiger partial charge in [0.15, 0.2) is 0 Å². The van der Waals surface area contributed by atoms with Gasteiger partial charge in [-0.05, 0) is 42.0 Å². The van der Waals surface area contributed by atoms with E-state index in [4.69, 9.17) is 0 Å². The van der Waals surface area contributed by atoms with Gasteiger partial charge in [-0.3, -0.25) is 14.9 Å². The van der Waals surface area contributed by atoms with Crippen molar-refractivity contribution < 1.29 is 14.8 Å². The number of halogens is 1. The molecular weight excluding hydrogens is 363 g/mol. The number of carbonyl (C=O) groups excluding carboxylic acids is 1. The number of carbonyl (C=O) groups is 1. The lowest BCUT2D eigenvalue weighted by Gasteiger charge is -2.44. The summed E-state index contributed by atoms with van der Waals surface area (Å²) in [6, 6.07) is 2.74. The van der Waals surface area contributed by atoms with Gasteiger partial charge in [-0.15, -0.1) is 0 Å². The molecule has 0 unspecified atom stereocenters. The molecule has 0 atom stereocenters. The van der Waals surface area contributed by atoms with Crippen molar-refractivity contribution in [1.82, 2.24) is 4.90 Å². The molecule has 0 spiro atoms. The van der Waals surface area contributed by atoms with E-state index in [2.05, 4.69) is 0 Å². The Labute approximate surface area is 123 Å². The average Bonchev–Trinajstić information content (AvgIpc) is 2.28. The fraction of sp³-hybridized carbons (Fsp3) is 0.417. The van der Waals surface area contributed by atoms with E-state index in [9.17, 15) is 20.0 Å². The molecular formula is C12H13IN2O4. The van der Waals surface area contributed by atoms with Gasteiger partial charge in [0.2, 0.25) is 0 Å². The van der Waals surface area contributed by atoms with Crippen LogP contribution in [0.15, 0.2) is 12.1 Å². The molecule has 0 radical (unpaired) electrons. The highest BCUT2D eigenvalue weighted by Gasteiger charge is 2.40. The molecule has 0 bridgehead atoms. The van der Waals surface area contributed by atoms with Crippen LogP contribution in [0.4, 0.5) is 5.69 Å². The Morgan fingerprint density at radius 1 is 1.53 bits per heavy atom. The van der Waals surface area contributed by atoms with E-state index in [1.807, 2.05) is 22.6 Å². The first-order valence-electron chi connectivity index (χ1n) is 5.67. The number of aliphatic hydroxyl groups is 1. The number of benzene rings is 1. The Balaban J connectivity index is 2.34. The van der Waals surface area contributed by atoms with Crippen LogP contribution in [-0.2, 0) is 0 Å². The van der Waals surface area contributed by atoms with E-state index < -0.39 is 10.5 Å². The number of likely N-dealkylation sites (tertiary alicyclic amines) is 1. The lowest BCUT2D eigenvalue weighted by Crippen LogP contribution is -2.61. The van der Waals surface area contributed by atoms with Crippen LogP contribution in [-0.4, -0.2) is 39.5 Å². The number of rotatable bonds is 2. The molecule has 102 valence electrons. The Morgan fingerprint density at radius 2 is 2.11 bits per heavy atom. The first kappa shape index (κ1) is 14.2. The van der Waals surface area contributed by atoms with E-state index in [1.54, 1.807) is 13.8 Å². The third-order valence-electron chi connectivity index (χ3n) is 3.12. The summed E-state index contributed by atoms with van der Waals surface area (Å²) in [7, 11) is 0. The van der Waals surface area contributed by atoms with Gasteiger partial charge in [-0.25, -0.2) is 0 Å². The number of nitrogens with zero attached hydrogens (tertiary/aromatic N) is 2. The molecule has 1 aliphatic heterocycles. The Kier molecular flexibility index (Phi) is 3.52. The Hall–Kier alpha value is -1.22. The number of nitro groups is 1. The fourth-order valence-corrected chi connectivity index (χ4v) is 2.69. The number of hydrogen-bond acceptors (Lipinski definition) is 4. The van der Waals surface area contributed by atoms with Crippen molar-refractivity contribution in [3.8, 4) is 0 Å². The highest BCUT2D eigenvalue weighted by atomic mass is 127. The minimum absolute atomic E-state index is 0.0920. The third-order valence-corrected chi connectivity index (χ3v) is 4.24. The summed E-state index contributed by atoms with van der Waals surface area (Å²) in [4.78, 5) is 24.1. The van der Waals surface area contributed by atoms with Crippen LogP contribution in [0, 0.1) is 20.6 Å². The predicted octanol–water partition coefficient (Wildman–Crippen LogP) is 1.71. The molecule has 6 nitrogen and oxygen atoms in total. The van der Waals surface area contributed by atoms with Gasteiger partial charge < -0.3 is 10.0 Å². The first-order chi connectivity index (χ1) is 8.71. The molecule has 19 heavy (non-hydrogen) atoms. The van der Waals surface area contributed by atoms with Gasteiger partial charge in [-0.2, -0.15) is 0 Å². The summed E-state index contributed by atoms with van der Waals surface area (Å²) < 4.78 is 0.683. The molecule has 0 aliphatic carbocycles. The summed E-state index contributed by atoms with van der Waals surface area (Å²) in [5, 5.41) is 20.5. The lowest BCUT2D eigenvalue weighted by molar-refractivity contribution is -0.385. The van der Waals surface area contributed by atoms with E-state index in [1.165, 1.54) is 17.0 Å². The van der Waals surface area contributed by atoms with Crippen molar-refractivity contribution in [3.63, 3.8) is 0 Å². The lowest BCUT2D eigenvalue weighted by atomic mass is 9.95. The van der Waals surface area contributed by atoms with Crippen LogP contribution in [0.5, 0.6) is 0 Å². The summed E-state index contributed by atoms with van der Waals surface area (Å²) in [6.45, 7) is 3.92. The van der Waals surface area contributed by atoms with Crippen molar-refractivity contribution in [2.24, 2.45) is 0 Å². The van der Waals surface area contributed by atoms with Crippen LogP contribution in [0.2, 0.25) is 0 Å². The summed E-state index contributed by atoms with van der Waals surface area (Å²) in [5.74, 6) is -0.273. The van der Waals surface area contributed by atoms with Gasteiger partial charge >= 0.3 is 0 Å². The third kappa shape index (κ3) is 2.71. The zero-order valence-corrected chi connectivity index (χ0v) is 12.7. The largest absolute Gasteiger partial charge is 0.386 e. The Bertz CT molecular complexity index is 563. The summed E-state index contributed by atoms with van der Waals surface area (Å²) in [5.41, 5.74) is 0.111. The predicted molar refractivity (Wildman–Crippen MR) is 77.1 cm³/mol. The standard InChI is InChI=1S/C12H13IN2O4/c1-7-9(3-8(15(18)19)4-10(7)13)11(16)14-5-12(2,17)6-14/h3-4,17H,5-6H2,1-2H3. The minimum Gasteiger partial charge on any atom is -0.386 e. The SMILES string of the molecule is Cc1c(I)cc([N+](=O)[O-])cc1C(=O)N1CC(C)(O)C1. The molecule has 1 amide bonds. The molecule has 2 rings (SSSR count). The monoisotopic (exact) mass is 376 g/mol. The van der Waals surface area contributed by atoms with Crippen LogP contribution in [0.25, 0.3) is 0 Å². The summed E-state index contributed by atoms with van der Waals surface area (Å²) in [6.07, 6.45) is 0. The number of nitro benzene ring substituents is 1. The van der Waals surface area contributed by atoms with Gasteiger partial charge in [0, 0.05) is 15.7 Å². The second-order valence-corrected chi connectivity index (χ2v) is 6.18. The zero-order chi connectivity index (χ0) is 14.4. The van der Waals surface area contributed by atoms with E-state index in [0.29, 0.717) is 9.13 Å². The summed E-state index contributed by atoms with van der Waals surface area (Å²) >= 11 is 1.98. The molecule has 1 aromatic carbocycles. The number of hydrogen-bond donors (Lipinski definition) is 1. The highest BCUT2D eigenvalue weighted by molar-refractivity contribution is 14.1. The van der Waals surface area contributed by atoms with Crippen LogP contribution < -0.4 is 0 Å². The van der Waals surface area contributed by atoms with Gasteiger partial charge in [0.05, 0.1) is 29.2 Å². The van der Waals surface area contributed by atoms with E-state index in [0.717, 1.165) is 5.56 Å². The fourth-order valence-electron chi connectivity index (χ4n) is 2.08. The second kappa shape index (κ2) is 4.71. The molecule has 1 aliphatic rings. The molecule has 0 aromatic heterocycles. The van der Waals surface area contributed by atoms with Crippen LogP contribution in [0.1, 0.15) is 22.8 Å². The quantitative estimate of drug-likeness (QED) is 0.484. The van der Waals surface area contributed by atoms with E-state index >= 15 is 0 Å². The maximum absolute atomic E-state index is 12.3. The molecule has 1 N–H and O–H groups in total. The van der Waals surface area contributed by atoms with Crippen molar-refractivity contribution in [2.45, 2.75) is 19.4 Å². The van der Waals surface area contributed by atoms with Crippen molar-refractivity contribution in [2.75, 3.05) is 13.1 Å². The van der Waals surface area contributed by atoms with Gasteiger partial charge in [0.1, 0.15) is 0 Å². The molecule has 1 saturated heterocycles. The molecule has 7 heteroatoms. The highest BCUT2D eigenvalue weighted by Crippen LogP contribution is 2.28. The topological polar surface area (TPSA) is 83.7 Å².